The van der Waals surface area contributed by atoms with E-state index in [1.54, 1.807) is 6.26 Å². The number of rotatable bonds is 3. The molecular formula is C19H28O4. The molecule has 0 spiro atoms. The van der Waals surface area contributed by atoms with E-state index in [4.69, 9.17) is 9.47 Å². The number of carbonyl (C=O) groups excluding carboxylic acids is 2. The molecule has 0 aromatic carbocycles. The molecule has 0 aromatic rings. The Morgan fingerprint density at radius 1 is 1.26 bits per heavy atom. The molecule has 2 aliphatic rings. The Bertz CT molecular complexity index is 546. The fourth-order valence-electron chi connectivity index (χ4n) is 4.44. The number of carbonyl (C=O) groups is 2. The van der Waals surface area contributed by atoms with Gasteiger partial charge in [0.25, 0.3) is 0 Å². The van der Waals surface area contributed by atoms with E-state index in [9.17, 15) is 9.59 Å². The normalized spacial score (nSPS) is 34.2. The second kappa shape index (κ2) is 6.90. The van der Waals surface area contributed by atoms with E-state index in [-0.39, 0.29) is 29.4 Å². The third kappa shape index (κ3) is 3.51. The van der Waals surface area contributed by atoms with Gasteiger partial charge < -0.3 is 9.47 Å². The van der Waals surface area contributed by atoms with E-state index in [0.29, 0.717) is 5.92 Å². The average molecular weight is 320 g/mol. The minimum Gasteiger partial charge on any atom is -0.462 e. The monoisotopic (exact) mass is 320 g/mol. The third-order valence-electron chi connectivity index (χ3n) is 5.63. The fourth-order valence-corrected chi connectivity index (χ4v) is 4.44. The minimum absolute atomic E-state index is 0.0426. The molecule has 0 bridgehead atoms. The van der Waals surface area contributed by atoms with Crippen LogP contribution in [0.4, 0.5) is 0 Å². The molecule has 128 valence electrons. The lowest BCUT2D eigenvalue weighted by atomic mass is 9.53. The molecule has 0 heterocycles. The van der Waals surface area contributed by atoms with E-state index in [0.717, 1.165) is 24.8 Å². The highest BCUT2D eigenvalue weighted by molar-refractivity contribution is 5.67. The summed E-state index contributed by atoms with van der Waals surface area (Å²) in [7, 11) is 0. The molecule has 0 saturated heterocycles. The molecule has 2 aliphatic carbocycles. The summed E-state index contributed by atoms with van der Waals surface area (Å²) in [5.41, 5.74) is 2.37. The van der Waals surface area contributed by atoms with E-state index in [2.05, 4.69) is 19.9 Å². The van der Waals surface area contributed by atoms with Gasteiger partial charge in [-0.25, -0.2) is 0 Å². The number of fused-ring (bicyclic) bond motifs is 1. The highest BCUT2D eigenvalue weighted by Crippen LogP contribution is 2.56. The zero-order chi connectivity index (χ0) is 17.2. The van der Waals surface area contributed by atoms with Gasteiger partial charge in [-0.05, 0) is 37.7 Å². The number of hydrogen-bond donors (Lipinski definition) is 0. The summed E-state index contributed by atoms with van der Waals surface area (Å²) >= 11 is 0. The van der Waals surface area contributed by atoms with Gasteiger partial charge >= 0.3 is 11.9 Å². The van der Waals surface area contributed by atoms with Gasteiger partial charge in [0.15, 0.2) is 0 Å². The van der Waals surface area contributed by atoms with Crippen LogP contribution in [0.2, 0.25) is 0 Å². The van der Waals surface area contributed by atoms with Gasteiger partial charge in [-0.3, -0.25) is 9.59 Å². The molecule has 0 amide bonds. The van der Waals surface area contributed by atoms with Crippen LogP contribution in [0.3, 0.4) is 0 Å². The molecule has 1 saturated carbocycles. The molecule has 4 heteroatoms. The molecule has 4 atom stereocenters. The Morgan fingerprint density at radius 3 is 2.57 bits per heavy atom. The average Bonchev–Trinajstić information content (AvgIpc) is 2.45. The standard InChI is InChI=1S/C19H28O4/c1-12(11-22-14(3)20)18-17(23-15(4)21)10-9-16-8-6-7-13(2)19(16,18)5/h9,11,13,17-18H,6-8,10H2,1-5H3/b12-11+/t13-,17-,18-,19+/m0/s1. The number of esters is 2. The van der Waals surface area contributed by atoms with Gasteiger partial charge in [0.1, 0.15) is 6.10 Å². The largest absolute Gasteiger partial charge is 0.462 e. The molecule has 23 heavy (non-hydrogen) atoms. The van der Waals surface area contributed by atoms with Crippen molar-refractivity contribution < 1.29 is 19.1 Å². The van der Waals surface area contributed by atoms with Gasteiger partial charge in [-0.15, -0.1) is 0 Å². The summed E-state index contributed by atoms with van der Waals surface area (Å²) in [6.45, 7) is 9.36. The SMILES string of the molecule is CC(=O)O/C=C(\C)[C@H]1[C@@H](OC(C)=O)CC=C2CCC[C@H](C)[C@]21C. The van der Waals surface area contributed by atoms with Crippen molar-refractivity contribution >= 4 is 11.9 Å². The maximum atomic E-state index is 11.5. The topological polar surface area (TPSA) is 52.6 Å². The van der Waals surface area contributed by atoms with Crippen LogP contribution in [-0.4, -0.2) is 18.0 Å². The van der Waals surface area contributed by atoms with Crippen LogP contribution < -0.4 is 0 Å². The fraction of sp³-hybridized carbons (Fsp3) is 0.684. The van der Waals surface area contributed by atoms with Gasteiger partial charge in [-0.2, -0.15) is 0 Å². The molecule has 0 unspecified atom stereocenters. The van der Waals surface area contributed by atoms with Crippen molar-refractivity contribution in [2.24, 2.45) is 17.3 Å². The molecule has 2 rings (SSSR count). The Morgan fingerprint density at radius 2 is 1.96 bits per heavy atom. The second-order valence-corrected chi connectivity index (χ2v) is 7.14. The summed E-state index contributed by atoms with van der Waals surface area (Å²) in [6, 6.07) is 0. The van der Waals surface area contributed by atoms with Crippen LogP contribution >= 0.6 is 0 Å². The van der Waals surface area contributed by atoms with Crippen molar-refractivity contribution in [1.82, 2.24) is 0 Å². The summed E-state index contributed by atoms with van der Waals surface area (Å²) in [6.07, 6.45) is 7.81. The summed E-state index contributed by atoms with van der Waals surface area (Å²) in [4.78, 5) is 22.7. The first kappa shape index (κ1) is 17.8. The van der Waals surface area contributed by atoms with Crippen LogP contribution in [0, 0.1) is 17.3 Å². The van der Waals surface area contributed by atoms with Crippen molar-refractivity contribution in [3.63, 3.8) is 0 Å². The Kier molecular flexibility index (Phi) is 5.33. The quantitative estimate of drug-likeness (QED) is 0.445. The predicted molar refractivity (Wildman–Crippen MR) is 88.4 cm³/mol. The lowest BCUT2D eigenvalue weighted by molar-refractivity contribution is -0.152. The molecule has 4 nitrogen and oxygen atoms in total. The first-order valence-corrected chi connectivity index (χ1v) is 8.47. The summed E-state index contributed by atoms with van der Waals surface area (Å²) in [5.74, 6) is -0.0569. The van der Waals surface area contributed by atoms with E-state index in [1.807, 2.05) is 6.92 Å². The zero-order valence-corrected chi connectivity index (χ0v) is 14.8. The molecule has 0 aliphatic heterocycles. The van der Waals surface area contributed by atoms with Crippen molar-refractivity contribution in [1.29, 1.82) is 0 Å². The Labute approximate surface area is 138 Å². The smallest absolute Gasteiger partial charge is 0.307 e. The maximum Gasteiger partial charge on any atom is 0.307 e. The summed E-state index contributed by atoms with van der Waals surface area (Å²) < 4.78 is 10.7. The lowest BCUT2D eigenvalue weighted by Gasteiger charge is -2.52. The van der Waals surface area contributed by atoms with Crippen molar-refractivity contribution in [2.75, 3.05) is 0 Å². The predicted octanol–water partition coefficient (Wildman–Crippen LogP) is 4.16. The highest BCUT2D eigenvalue weighted by atomic mass is 16.5. The van der Waals surface area contributed by atoms with E-state index >= 15 is 0 Å². The van der Waals surface area contributed by atoms with Gasteiger partial charge in [0.2, 0.25) is 0 Å². The van der Waals surface area contributed by atoms with Crippen LogP contribution in [0.1, 0.15) is 60.3 Å². The van der Waals surface area contributed by atoms with Gasteiger partial charge in [-0.1, -0.05) is 25.5 Å². The van der Waals surface area contributed by atoms with Crippen LogP contribution in [-0.2, 0) is 19.1 Å². The number of allylic oxidation sites excluding steroid dienone is 1. The van der Waals surface area contributed by atoms with E-state index < -0.39 is 0 Å². The number of hydrogen-bond acceptors (Lipinski definition) is 4. The van der Waals surface area contributed by atoms with Crippen molar-refractivity contribution in [3.8, 4) is 0 Å². The second-order valence-electron chi connectivity index (χ2n) is 7.14. The maximum absolute atomic E-state index is 11.5. The molecule has 0 radical (unpaired) electrons. The van der Waals surface area contributed by atoms with Crippen molar-refractivity contribution in [2.45, 2.75) is 66.4 Å². The first-order chi connectivity index (χ1) is 10.8. The number of ether oxygens (including phenoxy) is 2. The van der Waals surface area contributed by atoms with Crippen LogP contribution in [0.15, 0.2) is 23.5 Å². The third-order valence-corrected chi connectivity index (χ3v) is 5.63. The highest BCUT2D eigenvalue weighted by Gasteiger charge is 2.50. The Hall–Kier alpha value is -1.58. The Balaban J connectivity index is 2.43. The van der Waals surface area contributed by atoms with Gasteiger partial charge in [0, 0.05) is 31.6 Å². The van der Waals surface area contributed by atoms with Gasteiger partial charge in [0.05, 0.1) is 6.26 Å². The minimum atomic E-state index is -0.332. The van der Waals surface area contributed by atoms with Crippen LogP contribution in [0.5, 0.6) is 0 Å². The molecule has 0 aromatic heterocycles. The molecule has 0 N–H and O–H groups in total. The zero-order valence-electron chi connectivity index (χ0n) is 14.8. The summed E-state index contributed by atoms with van der Waals surface area (Å²) in [5, 5.41) is 0. The first-order valence-electron chi connectivity index (χ1n) is 8.47. The molecular weight excluding hydrogens is 292 g/mol. The lowest BCUT2D eigenvalue weighted by Crippen LogP contribution is -2.48. The van der Waals surface area contributed by atoms with Crippen molar-refractivity contribution in [3.05, 3.63) is 23.5 Å². The van der Waals surface area contributed by atoms with Crippen LogP contribution in [0.25, 0.3) is 0 Å². The van der Waals surface area contributed by atoms with E-state index in [1.165, 1.54) is 25.8 Å². The molecule has 1 fully saturated rings.